The molecule has 28 heavy (non-hydrogen) atoms. The van der Waals surface area contributed by atoms with Gasteiger partial charge in [0, 0.05) is 45.5 Å². The maximum atomic E-state index is 5.41. The second-order valence-corrected chi connectivity index (χ2v) is 7.27. The number of ether oxygens (including phenoxy) is 1. The number of nitrogens with one attached hydrogen (secondary N) is 1. The van der Waals surface area contributed by atoms with Gasteiger partial charge in [-0.2, -0.15) is 0 Å². The lowest BCUT2D eigenvalue weighted by atomic mass is 10.2. The van der Waals surface area contributed by atoms with Crippen LogP contribution in [-0.4, -0.2) is 77.4 Å². The van der Waals surface area contributed by atoms with E-state index in [1.54, 1.807) is 6.33 Å². The zero-order valence-electron chi connectivity index (χ0n) is 16.0. The van der Waals surface area contributed by atoms with Crippen molar-refractivity contribution in [3.05, 3.63) is 31.0 Å². The molecule has 0 bridgehead atoms. The predicted molar refractivity (Wildman–Crippen MR) is 108 cm³/mol. The quantitative estimate of drug-likeness (QED) is 0.725. The van der Waals surface area contributed by atoms with E-state index in [4.69, 9.17) is 4.74 Å². The van der Waals surface area contributed by atoms with Crippen LogP contribution in [0.25, 0.3) is 11.0 Å². The average molecular weight is 380 g/mol. The topological polar surface area (TPSA) is 86.3 Å². The Bertz CT molecular complexity index is 937. The number of anilines is 3. The van der Waals surface area contributed by atoms with E-state index < -0.39 is 0 Å². The molecular formula is C19H24N8O. The van der Waals surface area contributed by atoms with E-state index in [0.29, 0.717) is 6.04 Å². The number of hydrogen-bond acceptors (Lipinski definition) is 8. The van der Waals surface area contributed by atoms with Gasteiger partial charge in [-0.15, -0.1) is 0 Å². The van der Waals surface area contributed by atoms with Crippen molar-refractivity contribution in [3.63, 3.8) is 0 Å². The minimum absolute atomic E-state index is 0.368. The van der Waals surface area contributed by atoms with E-state index in [0.717, 1.165) is 74.3 Å². The fraction of sp³-hybridized carbons (Fsp3) is 0.474. The summed E-state index contributed by atoms with van der Waals surface area (Å²) in [6.07, 6.45) is 8.34. The highest BCUT2D eigenvalue weighted by Gasteiger charge is 2.28. The van der Waals surface area contributed by atoms with Gasteiger partial charge in [-0.3, -0.25) is 0 Å². The zero-order chi connectivity index (χ0) is 18.9. The lowest BCUT2D eigenvalue weighted by molar-refractivity contribution is 0.122. The van der Waals surface area contributed by atoms with Crippen molar-refractivity contribution in [2.45, 2.75) is 12.5 Å². The van der Waals surface area contributed by atoms with Crippen LogP contribution < -0.4 is 14.7 Å². The monoisotopic (exact) mass is 380 g/mol. The van der Waals surface area contributed by atoms with E-state index in [2.05, 4.69) is 46.7 Å². The first-order valence-electron chi connectivity index (χ1n) is 9.70. The predicted octanol–water partition coefficient (Wildman–Crippen LogP) is 1.30. The Balaban J connectivity index is 1.28. The number of likely N-dealkylation sites (N-methyl/N-ethyl adjacent to an activating group) is 1. The number of morpholine rings is 1. The third-order valence-electron chi connectivity index (χ3n) is 5.66. The highest BCUT2D eigenvalue weighted by molar-refractivity contribution is 5.87. The van der Waals surface area contributed by atoms with Crippen LogP contribution in [0.3, 0.4) is 0 Å². The molecule has 1 atom stereocenters. The van der Waals surface area contributed by atoms with Crippen LogP contribution in [0.4, 0.5) is 17.5 Å². The third-order valence-corrected chi connectivity index (χ3v) is 5.66. The molecule has 0 saturated carbocycles. The maximum absolute atomic E-state index is 5.41. The summed E-state index contributed by atoms with van der Waals surface area (Å²) in [5, 5.41) is 1.07. The highest BCUT2D eigenvalue weighted by atomic mass is 16.5. The number of aromatic amines is 1. The van der Waals surface area contributed by atoms with Gasteiger partial charge in [0.1, 0.15) is 29.4 Å². The van der Waals surface area contributed by atoms with Crippen LogP contribution in [0.1, 0.15) is 6.42 Å². The van der Waals surface area contributed by atoms with Crippen molar-refractivity contribution in [2.75, 3.05) is 61.1 Å². The molecule has 146 valence electrons. The van der Waals surface area contributed by atoms with Crippen molar-refractivity contribution >= 4 is 28.5 Å². The van der Waals surface area contributed by atoms with E-state index in [1.807, 2.05) is 24.7 Å². The summed E-state index contributed by atoms with van der Waals surface area (Å²) in [7, 11) is 2.10. The minimum atomic E-state index is 0.368. The van der Waals surface area contributed by atoms with Crippen LogP contribution in [-0.2, 0) is 4.74 Å². The molecule has 9 heteroatoms. The van der Waals surface area contributed by atoms with E-state index in [9.17, 15) is 0 Å². The van der Waals surface area contributed by atoms with Gasteiger partial charge in [-0.05, 0) is 12.5 Å². The minimum Gasteiger partial charge on any atom is -0.378 e. The number of H-pyrrole nitrogens is 1. The molecule has 2 fully saturated rings. The van der Waals surface area contributed by atoms with Crippen molar-refractivity contribution in [1.29, 1.82) is 0 Å². The first-order chi connectivity index (χ1) is 13.8. The van der Waals surface area contributed by atoms with Crippen molar-refractivity contribution < 1.29 is 4.74 Å². The number of fused-ring (bicyclic) bond motifs is 1. The van der Waals surface area contributed by atoms with Crippen LogP contribution in [0.15, 0.2) is 31.0 Å². The molecule has 2 saturated heterocycles. The zero-order valence-corrected chi connectivity index (χ0v) is 16.0. The largest absolute Gasteiger partial charge is 0.378 e. The summed E-state index contributed by atoms with van der Waals surface area (Å²) in [6, 6.07) is 2.41. The number of rotatable bonds is 4. The Labute approximate surface area is 163 Å². The number of hydrogen-bond donors (Lipinski definition) is 1. The first-order valence-corrected chi connectivity index (χ1v) is 9.70. The molecule has 0 aliphatic carbocycles. The van der Waals surface area contributed by atoms with Crippen LogP contribution in [0, 0.1) is 0 Å². The molecule has 0 spiro atoms. The molecular weight excluding hydrogens is 356 g/mol. The average Bonchev–Trinajstić information content (AvgIpc) is 3.43. The first kappa shape index (κ1) is 17.2. The molecule has 0 aromatic carbocycles. The summed E-state index contributed by atoms with van der Waals surface area (Å²) in [6.45, 7) is 5.10. The molecule has 3 aromatic rings. The van der Waals surface area contributed by atoms with Gasteiger partial charge >= 0.3 is 0 Å². The summed E-state index contributed by atoms with van der Waals surface area (Å²) >= 11 is 0. The Morgan fingerprint density at radius 1 is 1.07 bits per heavy atom. The lowest BCUT2D eigenvalue weighted by Gasteiger charge is -2.29. The molecule has 0 amide bonds. The van der Waals surface area contributed by atoms with Gasteiger partial charge < -0.3 is 24.4 Å². The van der Waals surface area contributed by atoms with Crippen molar-refractivity contribution in [3.8, 4) is 0 Å². The SMILES string of the molecule is CN(c1cnc(N2CCOCC2)cn1)C1CCN(c2ncnc3[nH]ccc23)C1. The molecule has 3 aromatic heterocycles. The molecule has 1 N–H and O–H groups in total. The summed E-state index contributed by atoms with van der Waals surface area (Å²) in [5.41, 5.74) is 0.881. The fourth-order valence-corrected chi connectivity index (χ4v) is 4.00. The molecule has 2 aliphatic heterocycles. The van der Waals surface area contributed by atoms with E-state index in [-0.39, 0.29) is 0 Å². The Hall–Kier alpha value is -2.94. The second-order valence-electron chi connectivity index (χ2n) is 7.27. The summed E-state index contributed by atoms with van der Waals surface area (Å²) in [4.78, 5) is 28.0. The Kier molecular flexibility index (Phi) is 4.44. The van der Waals surface area contributed by atoms with Crippen LogP contribution in [0.5, 0.6) is 0 Å². The molecule has 5 heterocycles. The van der Waals surface area contributed by atoms with Gasteiger partial charge in [-0.1, -0.05) is 0 Å². The second kappa shape index (κ2) is 7.23. The van der Waals surface area contributed by atoms with E-state index >= 15 is 0 Å². The molecule has 2 aliphatic rings. The maximum Gasteiger partial charge on any atom is 0.147 e. The van der Waals surface area contributed by atoms with Gasteiger partial charge in [0.05, 0.1) is 31.0 Å². The van der Waals surface area contributed by atoms with Crippen LogP contribution in [0.2, 0.25) is 0 Å². The molecule has 0 radical (unpaired) electrons. The molecule has 5 rings (SSSR count). The van der Waals surface area contributed by atoms with Crippen LogP contribution >= 0.6 is 0 Å². The van der Waals surface area contributed by atoms with E-state index in [1.165, 1.54) is 0 Å². The van der Waals surface area contributed by atoms with Crippen molar-refractivity contribution in [2.24, 2.45) is 0 Å². The van der Waals surface area contributed by atoms with Gasteiger partial charge in [0.25, 0.3) is 0 Å². The highest BCUT2D eigenvalue weighted by Crippen LogP contribution is 2.28. The van der Waals surface area contributed by atoms with Gasteiger partial charge in [0.2, 0.25) is 0 Å². The molecule has 1 unspecified atom stereocenters. The third kappa shape index (κ3) is 3.11. The normalized spacial score (nSPS) is 20.1. The van der Waals surface area contributed by atoms with Gasteiger partial charge in [-0.25, -0.2) is 19.9 Å². The summed E-state index contributed by atoms with van der Waals surface area (Å²) < 4.78 is 5.41. The lowest BCUT2D eigenvalue weighted by Crippen LogP contribution is -2.37. The number of aromatic nitrogens is 5. The Morgan fingerprint density at radius 3 is 2.79 bits per heavy atom. The Morgan fingerprint density at radius 2 is 1.96 bits per heavy atom. The smallest absolute Gasteiger partial charge is 0.147 e. The standard InChI is InChI=1S/C19H24N8O/c1-25(16-10-22-17(11-21-16)26-6-8-28-9-7-26)14-3-5-27(12-14)19-15-2-4-20-18(15)23-13-24-19/h2,4,10-11,13-14H,3,5-9,12H2,1H3,(H,20,23,24). The van der Waals surface area contributed by atoms with Crippen molar-refractivity contribution in [1.82, 2.24) is 24.9 Å². The molecule has 9 nitrogen and oxygen atoms in total. The van der Waals surface area contributed by atoms with Gasteiger partial charge in [0.15, 0.2) is 0 Å². The number of nitrogens with zero attached hydrogens (tertiary/aromatic N) is 7. The summed E-state index contributed by atoms with van der Waals surface area (Å²) in [5.74, 6) is 2.82. The fourth-order valence-electron chi connectivity index (χ4n) is 4.00.